The quantitative estimate of drug-likeness (QED) is 0.450. The van der Waals surface area contributed by atoms with Crippen molar-refractivity contribution in [2.75, 3.05) is 18.4 Å². The van der Waals surface area contributed by atoms with Crippen LogP contribution in [0.1, 0.15) is 12.0 Å². The van der Waals surface area contributed by atoms with Gasteiger partial charge in [0.1, 0.15) is 4.90 Å². The predicted molar refractivity (Wildman–Crippen MR) is 112 cm³/mol. The molecular formula is C19H16Cl2F3N3O2S. The van der Waals surface area contributed by atoms with E-state index in [1.165, 1.54) is 30.5 Å². The molecule has 5 nitrogen and oxygen atoms in total. The number of benzene rings is 2. The number of hydrogen-bond acceptors (Lipinski definition) is 4. The Morgan fingerprint density at radius 2 is 1.77 bits per heavy atom. The second kappa shape index (κ2) is 8.97. The average Bonchev–Trinajstić information content (AvgIpc) is 2.66. The molecule has 0 atom stereocenters. The van der Waals surface area contributed by atoms with E-state index in [9.17, 15) is 21.6 Å². The van der Waals surface area contributed by atoms with E-state index in [1.54, 1.807) is 6.07 Å². The standard InChI is InChI=1S/C19H16Cl2F3N3O2S/c20-13-3-5-18(15(21)11-13)30(28,29)27-8-1-7-25-16-6-9-26-17-10-12(19(22,23)24)2-4-14(16)17/h2-6,9-11,27H,1,7-8H2,(H,25,26). The molecule has 3 aromatic rings. The molecule has 0 fully saturated rings. The summed E-state index contributed by atoms with van der Waals surface area (Å²) in [4.78, 5) is 3.92. The van der Waals surface area contributed by atoms with Gasteiger partial charge in [0.2, 0.25) is 10.0 Å². The maximum absolute atomic E-state index is 12.9. The van der Waals surface area contributed by atoms with Gasteiger partial charge in [-0.25, -0.2) is 13.1 Å². The molecule has 2 N–H and O–H groups in total. The molecule has 30 heavy (non-hydrogen) atoms. The van der Waals surface area contributed by atoms with Gasteiger partial charge in [-0.15, -0.1) is 0 Å². The molecule has 0 saturated carbocycles. The number of aromatic nitrogens is 1. The van der Waals surface area contributed by atoms with E-state index in [0.29, 0.717) is 29.1 Å². The van der Waals surface area contributed by atoms with Crippen molar-refractivity contribution in [3.05, 3.63) is 64.3 Å². The van der Waals surface area contributed by atoms with Gasteiger partial charge in [-0.3, -0.25) is 4.98 Å². The summed E-state index contributed by atoms with van der Waals surface area (Å²) in [7, 11) is -3.79. The summed E-state index contributed by atoms with van der Waals surface area (Å²) in [5.41, 5.74) is 0.0557. The Morgan fingerprint density at radius 3 is 2.47 bits per heavy atom. The molecule has 11 heteroatoms. The molecule has 2 aromatic carbocycles. The third kappa shape index (κ3) is 5.34. The zero-order valence-corrected chi connectivity index (χ0v) is 17.6. The second-order valence-corrected chi connectivity index (χ2v) is 8.92. The van der Waals surface area contributed by atoms with Gasteiger partial charge in [-0.2, -0.15) is 13.2 Å². The molecule has 0 saturated heterocycles. The van der Waals surface area contributed by atoms with Crippen LogP contribution in [0.15, 0.2) is 53.6 Å². The Hall–Kier alpha value is -2.07. The second-order valence-electron chi connectivity index (χ2n) is 6.34. The highest BCUT2D eigenvalue weighted by Crippen LogP contribution is 2.32. The van der Waals surface area contributed by atoms with Crippen molar-refractivity contribution in [1.82, 2.24) is 9.71 Å². The highest BCUT2D eigenvalue weighted by Gasteiger charge is 2.30. The molecule has 0 amide bonds. The lowest BCUT2D eigenvalue weighted by Gasteiger charge is -2.12. The first-order valence-corrected chi connectivity index (χ1v) is 11.0. The third-order valence-electron chi connectivity index (χ3n) is 4.21. The van der Waals surface area contributed by atoms with Gasteiger partial charge in [0.05, 0.1) is 16.1 Å². The number of pyridine rings is 1. The Labute approximate surface area is 181 Å². The number of hydrogen-bond donors (Lipinski definition) is 2. The third-order valence-corrected chi connectivity index (χ3v) is 6.39. The first-order chi connectivity index (χ1) is 14.1. The molecule has 0 aliphatic heterocycles. The smallest absolute Gasteiger partial charge is 0.384 e. The van der Waals surface area contributed by atoms with Crippen LogP contribution >= 0.6 is 23.2 Å². The highest BCUT2D eigenvalue weighted by atomic mass is 35.5. The molecule has 0 spiro atoms. The minimum atomic E-state index is -4.44. The van der Waals surface area contributed by atoms with Crippen molar-refractivity contribution in [2.45, 2.75) is 17.5 Å². The first-order valence-electron chi connectivity index (χ1n) is 8.72. The van der Waals surface area contributed by atoms with Crippen LogP contribution in [-0.4, -0.2) is 26.5 Å². The fourth-order valence-electron chi connectivity index (χ4n) is 2.77. The van der Waals surface area contributed by atoms with E-state index in [0.717, 1.165) is 12.1 Å². The van der Waals surface area contributed by atoms with Crippen LogP contribution in [0.5, 0.6) is 0 Å². The van der Waals surface area contributed by atoms with Crippen LogP contribution in [0.25, 0.3) is 10.9 Å². The Kier molecular flexibility index (Phi) is 6.76. The van der Waals surface area contributed by atoms with Crippen molar-refractivity contribution in [3.63, 3.8) is 0 Å². The molecule has 0 aliphatic rings. The largest absolute Gasteiger partial charge is 0.416 e. The van der Waals surface area contributed by atoms with E-state index in [-0.39, 0.29) is 22.0 Å². The highest BCUT2D eigenvalue weighted by molar-refractivity contribution is 7.89. The number of rotatable bonds is 7. The minimum Gasteiger partial charge on any atom is -0.384 e. The number of nitrogens with one attached hydrogen (secondary N) is 2. The number of nitrogens with zero attached hydrogens (tertiary/aromatic N) is 1. The summed E-state index contributed by atoms with van der Waals surface area (Å²) < 4.78 is 65.7. The number of fused-ring (bicyclic) bond motifs is 1. The van der Waals surface area contributed by atoms with Crippen molar-refractivity contribution in [2.24, 2.45) is 0 Å². The van der Waals surface area contributed by atoms with Crippen LogP contribution in [-0.2, 0) is 16.2 Å². The predicted octanol–water partition coefficient (Wildman–Crippen LogP) is 5.34. The van der Waals surface area contributed by atoms with Gasteiger partial charge >= 0.3 is 6.18 Å². The Bertz CT molecular complexity index is 1170. The van der Waals surface area contributed by atoms with Gasteiger partial charge in [-0.05, 0) is 42.8 Å². The topological polar surface area (TPSA) is 71.1 Å². The van der Waals surface area contributed by atoms with E-state index >= 15 is 0 Å². The van der Waals surface area contributed by atoms with Crippen LogP contribution in [0.2, 0.25) is 10.0 Å². The Morgan fingerprint density at radius 1 is 1.00 bits per heavy atom. The molecule has 1 heterocycles. The van der Waals surface area contributed by atoms with E-state index < -0.39 is 21.8 Å². The first kappa shape index (κ1) is 22.6. The molecule has 1 aromatic heterocycles. The Balaban J connectivity index is 1.60. The van der Waals surface area contributed by atoms with E-state index in [2.05, 4.69) is 15.0 Å². The molecule has 0 aliphatic carbocycles. The molecular weight excluding hydrogens is 462 g/mol. The van der Waals surface area contributed by atoms with E-state index in [4.69, 9.17) is 23.2 Å². The van der Waals surface area contributed by atoms with Crippen molar-refractivity contribution in [3.8, 4) is 0 Å². The summed E-state index contributed by atoms with van der Waals surface area (Å²) in [6.45, 7) is 0.520. The zero-order valence-electron chi connectivity index (χ0n) is 15.3. The fourth-order valence-corrected chi connectivity index (χ4v) is 4.61. The number of anilines is 1. The fraction of sp³-hybridized carbons (Fsp3) is 0.211. The summed E-state index contributed by atoms with van der Waals surface area (Å²) >= 11 is 11.7. The lowest BCUT2D eigenvalue weighted by Crippen LogP contribution is -2.26. The van der Waals surface area contributed by atoms with Gasteiger partial charge < -0.3 is 5.32 Å². The minimum absolute atomic E-state index is 0.0228. The maximum Gasteiger partial charge on any atom is 0.416 e. The average molecular weight is 478 g/mol. The van der Waals surface area contributed by atoms with E-state index in [1.807, 2.05) is 0 Å². The summed E-state index contributed by atoms with van der Waals surface area (Å²) in [5, 5.41) is 3.98. The van der Waals surface area contributed by atoms with Crippen molar-refractivity contribution >= 4 is 49.8 Å². The summed E-state index contributed by atoms with van der Waals surface area (Å²) in [6, 6.07) is 9.10. The van der Waals surface area contributed by atoms with Crippen LogP contribution in [0.4, 0.5) is 18.9 Å². The van der Waals surface area contributed by atoms with Crippen molar-refractivity contribution < 1.29 is 21.6 Å². The molecule has 0 unspecified atom stereocenters. The number of alkyl halides is 3. The summed E-state index contributed by atoms with van der Waals surface area (Å²) in [6.07, 6.45) is -2.60. The number of sulfonamides is 1. The van der Waals surface area contributed by atoms with Crippen molar-refractivity contribution in [1.29, 1.82) is 0 Å². The normalized spacial score (nSPS) is 12.3. The summed E-state index contributed by atoms with van der Waals surface area (Å²) in [5.74, 6) is 0. The van der Waals surface area contributed by atoms with Gasteiger partial charge in [0, 0.05) is 35.4 Å². The van der Waals surface area contributed by atoms with Gasteiger partial charge in [-0.1, -0.05) is 29.3 Å². The lowest BCUT2D eigenvalue weighted by atomic mass is 10.1. The molecule has 0 bridgehead atoms. The van der Waals surface area contributed by atoms with Crippen LogP contribution in [0, 0.1) is 0 Å². The number of halogens is 5. The van der Waals surface area contributed by atoms with Gasteiger partial charge in [0.15, 0.2) is 0 Å². The zero-order chi connectivity index (χ0) is 21.9. The maximum atomic E-state index is 12.9. The monoisotopic (exact) mass is 477 g/mol. The molecule has 3 rings (SSSR count). The van der Waals surface area contributed by atoms with Crippen LogP contribution in [0.3, 0.4) is 0 Å². The SMILES string of the molecule is O=S(=O)(NCCCNc1ccnc2cc(C(F)(F)F)ccc12)c1ccc(Cl)cc1Cl. The van der Waals surface area contributed by atoms with Gasteiger partial charge in [0.25, 0.3) is 0 Å². The molecule has 160 valence electrons. The lowest BCUT2D eigenvalue weighted by molar-refractivity contribution is -0.137. The van der Waals surface area contributed by atoms with Crippen LogP contribution < -0.4 is 10.0 Å². The molecule has 0 radical (unpaired) electrons.